The molecule has 0 heterocycles. The highest BCUT2D eigenvalue weighted by molar-refractivity contribution is 5.88. The van der Waals surface area contributed by atoms with E-state index >= 15 is 0 Å². The molecule has 1 aliphatic rings. The highest BCUT2D eigenvalue weighted by Gasteiger charge is 2.39. The monoisotopic (exact) mass is 447 g/mol. The molecular weight excluding hydrogens is 414 g/mol. The van der Waals surface area contributed by atoms with Gasteiger partial charge in [0.15, 0.2) is 11.5 Å². The molecule has 8 nitrogen and oxygen atoms in total. The Morgan fingerprint density at radius 2 is 1.84 bits per heavy atom. The lowest BCUT2D eigenvalue weighted by atomic mass is 9.88. The van der Waals surface area contributed by atoms with E-state index in [1.165, 1.54) is 12.1 Å². The van der Waals surface area contributed by atoms with Crippen molar-refractivity contribution in [1.29, 1.82) is 0 Å². The molecule has 1 aromatic carbocycles. The molecule has 0 saturated heterocycles. The van der Waals surface area contributed by atoms with Crippen LogP contribution in [0, 0.1) is 0 Å². The number of carbonyl (C=O) groups is 2. The number of benzene rings is 1. The summed E-state index contributed by atoms with van der Waals surface area (Å²) in [6.45, 7) is 14.1. The van der Waals surface area contributed by atoms with Gasteiger partial charge < -0.3 is 29.0 Å². The maximum atomic E-state index is 12.7. The maximum absolute atomic E-state index is 12.7. The fourth-order valence-electron chi connectivity index (χ4n) is 3.14. The summed E-state index contributed by atoms with van der Waals surface area (Å²) in [6, 6.07) is 4.45. The van der Waals surface area contributed by atoms with E-state index in [0.29, 0.717) is 44.1 Å². The molecule has 0 radical (unpaired) electrons. The Bertz CT molecular complexity index is 809. The van der Waals surface area contributed by atoms with Crippen LogP contribution in [0.25, 0.3) is 0 Å². The van der Waals surface area contributed by atoms with Crippen LogP contribution in [0.15, 0.2) is 43.5 Å². The largest absolute Gasteiger partial charge is 0.486 e. The van der Waals surface area contributed by atoms with E-state index in [-0.39, 0.29) is 30.4 Å². The van der Waals surface area contributed by atoms with E-state index in [0.717, 1.165) is 0 Å². The van der Waals surface area contributed by atoms with Gasteiger partial charge in [0, 0.05) is 25.4 Å². The Morgan fingerprint density at radius 3 is 2.44 bits per heavy atom. The molecule has 1 amide bonds. The minimum atomic E-state index is -1.05. The third kappa shape index (κ3) is 7.60. The average Bonchev–Trinajstić information content (AvgIpc) is 2.68. The second kappa shape index (κ2) is 11.6. The summed E-state index contributed by atoms with van der Waals surface area (Å²) >= 11 is 0. The van der Waals surface area contributed by atoms with Crippen molar-refractivity contribution in [2.45, 2.75) is 51.4 Å². The molecule has 0 atom stereocenters. The third-order valence-corrected chi connectivity index (χ3v) is 4.69. The Kier molecular flexibility index (Phi) is 9.13. The summed E-state index contributed by atoms with van der Waals surface area (Å²) < 4.78 is 22.6. The Hall–Kier alpha value is -3.00. The van der Waals surface area contributed by atoms with E-state index in [9.17, 15) is 14.7 Å². The van der Waals surface area contributed by atoms with Crippen molar-refractivity contribution in [3.05, 3.63) is 49.1 Å². The lowest BCUT2D eigenvalue weighted by molar-refractivity contribution is -0.0249. The fraction of sp³-hybridized carbons (Fsp3) is 0.500. The summed E-state index contributed by atoms with van der Waals surface area (Å²) in [7, 11) is 0. The number of carbonyl (C=O) groups excluding carboxylic acids is 1. The van der Waals surface area contributed by atoms with E-state index in [4.69, 9.17) is 18.9 Å². The van der Waals surface area contributed by atoms with Gasteiger partial charge in [-0.2, -0.15) is 0 Å². The SMILES string of the molecule is C=CCOCCN(C(=O)OC(C)(C)C)C1CC(Oc2ccc(C(=O)O)cc2OCC=C)C1. The van der Waals surface area contributed by atoms with E-state index < -0.39 is 11.6 Å². The fourth-order valence-corrected chi connectivity index (χ4v) is 3.14. The van der Waals surface area contributed by atoms with Crippen molar-refractivity contribution in [1.82, 2.24) is 4.90 Å². The average molecular weight is 448 g/mol. The molecule has 1 aromatic rings. The van der Waals surface area contributed by atoms with E-state index in [2.05, 4.69) is 13.2 Å². The number of rotatable bonds is 12. The first-order chi connectivity index (χ1) is 15.1. The zero-order valence-electron chi connectivity index (χ0n) is 19.0. The molecule has 176 valence electrons. The lowest BCUT2D eigenvalue weighted by Gasteiger charge is -2.42. The number of ether oxygens (including phenoxy) is 4. The zero-order valence-corrected chi connectivity index (χ0v) is 19.0. The summed E-state index contributed by atoms with van der Waals surface area (Å²) in [5.74, 6) is -0.246. The van der Waals surface area contributed by atoms with Crippen LogP contribution in [-0.4, -0.2) is 66.2 Å². The van der Waals surface area contributed by atoms with Gasteiger partial charge in [-0.05, 0) is 39.0 Å². The van der Waals surface area contributed by atoms with Gasteiger partial charge in [-0.15, -0.1) is 6.58 Å². The lowest BCUT2D eigenvalue weighted by Crippen LogP contribution is -2.53. The number of aromatic carboxylic acids is 1. The minimum absolute atomic E-state index is 0.0435. The van der Waals surface area contributed by atoms with Gasteiger partial charge in [-0.3, -0.25) is 0 Å². The third-order valence-electron chi connectivity index (χ3n) is 4.69. The first-order valence-corrected chi connectivity index (χ1v) is 10.6. The molecule has 1 fully saturated rings. The van der Waals surface area contributed by atoms with Gasteiger partial charge in [0.05, 0.1) is 18.8 Å². The second-order valence-electron chi connectivity index (χ2n) is 8.47. The van der Waals surface area contributed by atoms with Gasteiger partial charge >= 0.3 is 12.1 Å². The van der Waals surface area contributed by atoms with Crippen LogP contribution in [0.5, 0.6) is 11.5 Å². The second-order valence-corrected chi connectivity index (χ2v) is 8.47. The number of nitrogens with zero attached hydrogens (tertiary/aromatic N) is 1. The highest BCUT2D eigenvalue weighted by atomic mass is 16.6. The summed E-state index contributed by atoms with van der Waals surface area (Å²) in [5, 5.41) is 9.22. The number of carboxylic acid groups (broad SMARTS) is 1. The first-order valence-electron chi connectivity index (χ1n) is 10.6. The van der Waals surface area contributed by atoms with Crippen LogP contribution in [0.2, 0.25) is 0 Å². The molecule has 8 heteroatoms. The molecule has 2 rings (SSSR count). The standard InChI is InChI=1S/C24H33NO7/c1-6-11-29-13-10-25(23(28)32-24(3,4)5)18-15-19(16-18)31-20-9-8-17(22(26)27)14-21(20)30-12-7-2/h6-9,14,18-19H,1-2,10-13,15-16H2,3-5H3,(H,26,27). The molecular formula is C24H33NO7. The number of hydrogen-bond donors (Lipinski definition) is 1. The predicted octanol–water partition coefficient (Wildman–Crippen LogP) is 4.30. The topological polar surface area (TPSA) is 94.5 Å². The molecule has 0 unspecified atom stereocenters. The maximum Gasteiger partial charge on any atom is 0.410 e. The van der Waals surface area contributed by atoms with Crippen molar-refractivity contribution in [2.75, 3.05) is 26.4 Å². The molecule has 0 bridgehead atoms. The van der Waals surface area contributed by atoms with Crippen molar-refractivity contribution >= 4 is 12.1 Å². The molecule has 0 spiro atoms. The predicted molar refractivity (Wildman–Crippen MR) is 120 cm³/mol. The molecule has 1 aliphatic carbocycles. The van der Waals surface area contributed by atoms with E-state index in [1.54, 1.807) is 23.1 Å². The van der Waals surface area contributed by atoms with Gasteiger partial charge in [0.2, 0.25) is 0 Å². The van der Waals surface area contributed by atoms with Crippen molar-refractivity contribution in [2.24, 2.45) is 0 Å². The Balaban J connectivity index is 2.02. The van der Waals surface area contributed by atoms with Crippen LogP contribution in [0.1, 0.15) is 44.0 Å². The quantitative estimate of drug-likeness (QED) is 0.377. The van der Waals surface area contributed by atoms with Crippen LogP contribution in [0.3, 0.4) is 0 Å². The zero-order chi connectivity index (χ0) is 23.7. The van der Waals surface area contributed by atoms with Crippen molar-refractivity contribution < 1.29 is 33.6 Å². The number of hydrogen-bond acceptors (Lipinski definition) is 6. The van der Waals surface area contributed by atoms with Gasteiger partial charge in [0.1, 0.15) is 18.3 Å². The van der Waals surface area contributed by atoms with E-state index in [1.807, 2.05) is 20.8 Å². The van der Waals surface area contributed by atoms with Gasteiger partial charge in [-0.25, -0.2) is 9.59 Å². The van der Waals surface area contributed by atoms with Crippen LogP contribution in [0.4, 0.5) is 4.79 Å². The number of carboxylic acids is 1. The molecule has 1 N–H and O–H groups in total. The molecule has 1 saturated carbocycles. The summed E-state index contributed by atoms with van der Waals surface area (Å²) in [5.41, 5.74) is -0.487. The summed E-state index contributed by atoms with van der Waals surface area (Å²) in [6.07, 6.45) is 3.94. The Labute approximate surface area is 189 Å². The Morgan fingerprint density at radius 1 is 1.16 bits per heavy atom. The van der Waals surface area contributed by atoms with Crippen LogP contribution >= 0.6 is 0 Å². The first kappa shape index (κ1) is 25.3. The number of amides is 1. The molecule has 32 heavy (non-hydrogen) atoms. The summed E-state index contributed by atoms with van der Waals surface area (Å²) in [4.78, 5) is 25.6. The normalized spacial score (nSPS) is 17.6. The van der Waals surface area contributed by atoms with Crippen molar-refractivity contribution in [3.8, 4) is 11.5 Å². The van der Waals surface area contributed by atoms with Crippen molar-refractivity contribution in [3.63, 3.8) is 0 Å². The van der Waals surface area contributed by atoms with Crippen LogP contribution < -0.4 is 9.47 Å². The molecule has 0 aliphatic heterocycles. The molecule has 0 aromatic heterocycles. The minimum Gasteiger partial charge on any atom is -0.486 e. The highest BCUT2D eigenvalue weighted by Crippen LogP contribution is 2.35. The van der Waals surface area contributed by atoms with Crippen LogP contribution in [-0.2, 0) is 9.47 Å². The smallest absolute Gasteiger partial charge is 0.410 e. The van der Waals surface area contributed by atoms with Gasteiger partial charge in [0.25, 0.3) is 0 Å². The van der Waals surface area contributed by atoms with Gasteiger partial charge in [-0.1, -0.05) is 18.7 Å².